The first kappa shape index (κ1) is 10.4. The maximum absolute atomic E-state index is 5.62. The number of pyridine rings is 1. The van der Waals surface area contributed by atoms with E-state index in [1.165, 1.54) is 0 Å². The third-order valence-corrected chi connectivity index (χ3v) is 2.38. The van der Waals surface area contributed by atoms with Crippen LogP contribution in [0.1, 0.15) is 11.3 Å². The molecular formula is C10H13N5O. The molecule has 0 aliphatic rings. The predicted octanol–water partition coefficient (Wildman–Crippen LogP) is 0.621. The second-order valence-corrected chi connectivity index (χ2v) is 3.39. The molecule has 0 spiro atoms. The smallest absolute Gasteiger partial charge is 0.218 e. The normalized spacial score (nSPS) is 10.4. The Kier molecular flexibility index (Phi) is 2.72. The Balaban J connectivity index is 2.30. The monoisotopic (exact) mass is 219 g/mol. The van der Waals surface area contributed by atoms with Crippen molar-refractivity contribution >= 4 is 5.82 Å². The van der Waals surface area contributed by atoms with Gasteiger partial charge in [-0.05, 0) is 13.0 Å². The molecule has 0 fully saturated rings. The van der Waals surface area contributed by atoms with Gasteiger partial charge in [0.2, 0.25) is 5.88 Å². The molecule has 0 aliphatic carbocycles. The van der Waals surface area contributed by atoms with Gasteiger partial charge in [-0.1, -0.05) is 11.3 Å². The van der Waals surface area contributed by atoms with Crippen molar-refractivity contribution in [3.63, 3.8) is 0 Å². The second-order valence-electron chi connectivity index (χ2n) is 3.39. The van der Waals surface area contributed by atoms with E-state index in [0.717, 1.165) is 11.3 Å². The van der Waals surface area contributed by atoms with Crippen molar-refractivity contribution < 1.29 is 4.74 Å². The average molecular weight is 219 g/mol. The van der Waals surface area contributed by atoms with E-state index in [0.29, 0.717) is 18.2 Å². The summed E-state index contributed by atoms with van der Waals surface area (Å²) in [7, 11) is 1.59. The summed E-state index contributed by atoms with van der Waals surface area (Å²) in [5, 5.41) is 7.74. The van der Waals surface area contributed by atoms with Gasteiger partial charge in [0.05, 0.1) is 19.3 Å². The lowest BCUT2D eigenvalue weighted by Crippen LogP contribution is -2.06. The average Bonchev–Trinajstić information content (AvgIpc) is 2.62. The molecule has 0 bridgehead atoms. The number of nitrogens with two attached hydrogens (primary N) is 1. The Bertz CT molecular complexity index is 494. The van der Waals surface area contributed by atoms with Gasteiger partial charge in [0.1, 0.15) is 0 Å². The number of nitrogen functional groups attached to an aromatic ring is 1. The Labute approximate surface area is 93.1 Å². The molecule has 2 rings (SSSR count). The third kappa shape index (κ3) is 1.81. The lowest BCUT2D eigenvalue weighted by atomic mass is 10.2. The molecule has 0 radical (unpaired) electrons. The van der Waals surface area contributed by atoms with Crippen LogP contribution in [0.3, 0.4) is 0 Å². The van der Waals surface area contributed by atoms with Crippen molar-refractivity contribution in [2.24, 2.45) is 0 Å². The van der Waals surface area contributed by atoms with Crippen LogP contribution in [0.5, 0.6) is 5.88 Å². The molecule has 0 unspecified atom stereocenters. The molecule has 0 amide bonds. The topological polar surface area (TPSA) is 78.8 Å². The van der Waals surface area contributed by atoms with Crippen LogP contribution in [0.2, 0.25) is 0 Å². The van der Waals surface area contributed by atoms with Gasteiger partial charge in [0.15, 0.2) is 5.82 Å². The summed E-state index contributed by atoms with van der Waals surface area (Å²) in [6, 6.07) is 3.79. The Hall–Kier alpha value is -2.11. The Morgan fingerprint density at radius 1 is 1.50 bits per heavy atom. The molecule has 2 heterocycles. The second kappa shape index (κ2) is 4.18. The Morgan fingerprint density at radius 2 is 2.31 bits per heavy atom. The van der Waals surface area contributed by atoms with Crippen molar-refractivity contribution in [1.82, 2.24) is 20.0 Å². The van der Waals surface area contributed by atoms with Crippen LogP contribution >= 0.6 is 0 Å². The lowest BCUT2D eigenvalue weighted by Gasteiger charge is -2.07. The van der Waals surface area contributed by atoms with Crippen molar-refractivity contribution in [1.29, 1.82) is 0 Å². The zero-order valence-corrected chi connectivity index (χ0v) is 9.21. The first-order valence-electron chi connectivity index (χ1n) is 4.86. The van der Waals surface area contributed by atoms with Crippen LogP contribution in [0.25, 0.3) is 0 Å². The summed E-state index contributed by atoms with van der Waals surface area (Å²) in [5.74, 6) is 1.04. The maximum atomic E-state index is 5.62. The first-order valence-corrected chi connectivity index (χ1v) is 4.86. The number of aromatic nitrogens is 4. The van der Waals surface area contributed by atoms with Gasteiger partial charge < -0.3 is 10.5 Å². The van der Waals surface area contributed by atoms with Gasteiger partial charge in [-0.3, -0.25) is 0 Å². The predicted molar refractivity (Wildman–Crippen MR) is 59.1 cm³/mol. The fourth-order valence-corrected chi connectivity index (χ4v) is 1.41. The summed E-state index contributed by atoms with van der Waals surface area (Å²) in [4.78, 5) is 4.11. The van der Waals surface area contributed by atoms with Crippen molar-refractivity contribution in [3.8, 4) is 5.88 Å². The molecular weight excluding hydrogens is 206 g/mol. The number of ether oxygens (including phenoxy) is 1. The summed E-state index contributed by atoms with van der Waals surface area (Å²) < 4.78 is 6.88. The highest BCUT2D eigenvalue weighted by molar-refractivity contribution is 5.33. The van der Waals surface area contributed by atoms with E-state index < -0.39 is 0 Å². The molecule has 0 atom stereocenters. The standard InChI is InChI=1S/C10H13N5O/c1-7-9(11)13-14-15(7)6-8-4-3-5-12-10(8)16-2/h3-5H,6,11H2,1-2H3. The highest BCUT2D eigenvalue weighted by Gasteiger charge is 2.09. The van der Waals surface area contributed by atoms with E-state index >= 15 is 0 Å². The zero-order chi connectivity index (χ0) is 11.5. The minimum atomic E-state index is 0.447. The SMILES string of the molecule is COc1ncccc1Cn1nnc(N)c1C. The fourth-order valence-electron chi connectivity index (χ4n) is 1.41. The van der Waals surface area contributed by atoms with E-state index in [-0.39, 0.29) is 0 Å². The van der Waals surface area contributed by atoms with Gasteiger partial charge in [0, 0.05) is 11.8 Å². The summed E-state index contributed by atoms with van der Waals surface area (Å²) >= 11 is 0. The molecule has 2 N–H and O–H groups in total. The summed E-state index contributed by atoms with van der Waals surface area (Å²) in [5.41, 5.74) is 7.40. The molecule has 0 saturated carbocycles. The van der Waals surface area contributed by atoms with Crippen molar-refractivity contribution in [2.75, 3.05) is 12.8 Å². The van der Waals surface area contributed by atoms with Crippen LogP contribution < -0.4 is 10.5 Å². The highest BCUT2D eigenvalue weighted by atomic mass is 16.5. The molecule has 0 aliphatic heterocycles. The number of anilines is 1. The van der Waals surface area contributed by atoms with Gasteiger partial charge in [0.25, 0.3) is 0 Å². The van der Waals surface area contributed by atoms with E-state index in [1.807, 2.05) is 19.1 Å². The quantitative estimate of drug-likeness (QED) is 0.818. The van der Waals surface area contributed by atoms with E-state index in [9.17, 15) is 0 Å². The van der Waals surface area contributed by atoms with Gasteiger partial charge in [-0.15, -0.1) is 5.10 Å². The largest absolute Gasteiger partial charge is 0.481 e. The number of hydrogen-bond acceptors (Lipinski definition) is 5. The molecule has 0 saturated heterocycles. The third-order valence-electron chi connectivity index (χ3n) is 2.38. The number of nitrogens with zero attached hydrogens (tertiary/aromatic N) is 4. The van der Waals surface area contributed by atoms with Gasteiger partial charge in [-0.2, -0.15) is 0 Å². The number of methoxy groups -OCH3 is 1. The minimum absolute atomic E-state index is 0.447. The Morgan fingerprint density at radius 3 is 2.94 bits per heavy atom. The minimum Gasteiger partial charge on any atom is -0.481 e. The van der Waals surface area contributed by atoms with E-state index in [1.54, 1.807) is 18.0 Å². The molecule has 6 nitrogen and oxygen atoms in total. The number of rotatable bonds is 3. The van der Waals surface area contributed by atoms with Crippen LogP contribution in [-0.4, -0.2) is 27.1 Å². The number of hydrogen-bond donors (Lipinski definition) is 1. The van der Waals surface area contributed by atoms with Crippen LogP contribution in [0, 0.1) is 6.92 Å². The summed E-state index contributed by atoms with van der Waals surface area (Å²) in [6.45, 7) is 2.42. The molecule has 2 aromatic rings. The van der Waals surface area contributed by atoms with E-state index in [4.69, 9.17) is 10.5 Å². The molecule has 6 heteroatoms. The van der Waals surface area contributed by atoms with Crippen LogP contribution in [0.15, 0.2) is 18.3 Å². The summed E-state index contributed by atoms with van der Waals surface area (Å²) in [6.07, 6.45) is 1.69. The lowest BCUT2D eigenvalue weighted by molar-refractivity contribution is 0.389. The maximum Gasteiger partial charge on any atom is 0.218 e. The fraction of sp³-hybridized carbons (Fsp3) is 0.300. The van der Waals surface area contributed by atoms with Crippen molar-refractivity contribution in [3.05, 3.63) is 29.6 Å². The van der Waals surface area contributed by atoms with Crippen LogP contribution in [-0.2, 0) is 6.54 Å². The zero-order valence-electron chi connectivity index (χ0n) is 9.21. The van der Waals surface area contributed by atoms with Gasteiger partial charge in [-0.25, -0.2) is 9.67 Å². The van der Waals surface area contributed by atoms with Crippen LogP contribution in [0.4, 0.5) is 5.82 Å². The molecule has 16 heavy (non-hydrogen) atoms. The van der Waals surface area contributed by atoms with Crippen molar-refractivity contribution in [2.45, 2.75) is 13.5 Å². The molecule has 84 valence electrons. The van der Waals surface area contributed by atoms with E-state index in [2.05, 4.69) is 15.3 Å². The highest BCUT2D eigenvalue weighted by Crippen LogP contribution is 2.16. The molecule has 0 aromatic carbocycles. The van der Waals surface area contributed by atoms with Gasteiger partial charge >= 0.3 is 0 Å². The molecule has 2 aromatic heterocycles. The first-order chi connectivity index (χ1) is 7.72.